The fraction of sp³-hybridized carbons (Fsp3) is 0.300. The van der Waals surface area contributed by atoms with Crippen molar-refractivity contribution in [2.45, 2.75) is 13.0 Å². The molecule has 0 atom stereocenters. The Labute approximate surface area is 163 Å². The quantitative estimate of drug-likeness (QED) is 0.641. The van der Waals surface area contributed by atoms with E-state index in [1.807, 2.05) is 6.07 Å². The van der Waals surface area contributed by atoms with E-state index >= 15 is 0 Å². The second-order valence-electron chi connectivity index (χ2n) is 5.82. The Morgan fingerprint density at radius 2 is 1.64 bits per heavy atom. The van der Waals surface area contributed by atoms with Crippen molar-refractivity contribution in [3.63, 3.8) is 0 Å². The lowest BCUT2D eigenvalue weighted by atomic mass is 10.1. The summed E-state index contributed by atoms with van der Waals surface area (Å²) >= 11 is 0. The first-order valence-electron chi connectivity index (χ1n) is 8.46. The molecular formula is C20H23NO7. The number of hydrogen-bond donors (Lipinski definition) is 2. The van der Waals surface area contributed by atoms with Gasteiger partial charge in [-0.25, -0.2) is 4.79 Å². The van der Waals surface area contributed by atoms with Crippen LogP contribution in [0.5, 0.6) is 23.0 Å². The molecular weight excluding hydrogens is 366 g/mol. The molecule has 2 N–H and O–H groups in total. The molecule has 8 heteroatoms. The lowest BCUT2D eigenvalue weighted by Crippen LogP contribution is -2.24. The van der Waals surface area contributed by atoms with Crippen molar-refractivity contribution >= 4 is 11.9 Å². The molecule has 0 aromatic heterocycles. The molecule has 2 rings (SSSR count). The Balaban J connectivity index is 1.99. The van der Waals surface area contributed by atoms with Gasteiger partial charge in [-0.3, -0.25) is 4.79 Å². The third-order valence-corrected chi connectivity index (χ3v) is 3.84. The van der Waals surface area contributed by atoms with Gasteiger partial charge in [0.05, 0.1) is 27.8 Å². The number of carboxylic acid groups (broad SMARTS) is 1. The van der Waals surface area contributed by atoms with E-state index < -0.39 is 12.6 Å². The van der Waals surface area contributed by atoms with Gasteiger partial charge >= 0.3 is 5.97 Å². The summed E-state index contributed by atoms with van der Waals surface area (Å²) in [6.45, 7) is -0.134. The van der Waals surface area contributed by atoms with Crippen LogP contribution in [0.1, 0.15) is 11.1 Å². The van der Waals surface area contributed by atoms with Gasteiger partial charge in [-0.15, -0.1) is 0 Å². The molecule has 0 radical (unpaired) electrons. The van der Waals surface area contributed by atoms with Crippen LogP contribution in [-0.2, 0) is 22.6 Å². The van der Waals surface area contributed by atoms with E-state index in [0.29, 0.717) is 28.6 Å². The number of carbonyl (C=O) groups is 2. The zero-order valence-electron chi connectivity index (χ0n) is 16.0. The summed E-state index contributed by atoms with van der Waals surface area (Å²) in [7, 11) is 4.54. The fourth-order valence-corrected chi connectivity index (χ4v) is 2.58. The van der Waals surface area contributed by atoms with Crippen LogP contribution < -0.4 is 24.3 Å². The number of benzene rings is 2. The number of hydrogen-bond acceptors (Lipinski definition) is 6. The molecule has 2 aromatic rings. The molecule has 2 aromatic carbocycles. The van der Waals surface area contributed by atoms with Crippen molar-refractivity contribution in [3.8, 4) is 23.0 Å². The Hall–Kier alpha value is -3.42. The molecule has 8 nitrogen and oxygen atoms in total. The second kappa shape index (κ2) is 10.1. The van der Waals surface area contributed by atoms with Crippen LogP contribution in [0.15, 0.2) is 36.4 Å². The van der Waals surface area contributed by atoms with Crippen molar-refractivity contribution in [2.24, 2.45) is 0 Å². The maximum absolute atomic E-state index is 12.3. The van der Waals surface area contributed by atoms with Crippen molar-refractivity contribution in [2.75, 3.05) is 27.9 Å². The van der Waals surface area contributed by atoms with Crippen LogP contribution in [0, 0.1) is 0 Å². The lowest BCUT2D eigenvalue weighted by molar-refractivity contribution is -0.139. The van der Waals surface area contributed by atoms with Crippen LogP contribution in [0.3, 0.4) is 0 Å². The third kappa shape index (κ3) is 5.80. The summed E-state index contributed by atoms with van der Waals surface area (Å²) in [5.74, 6) is 0.613. The Kier molecular flexibility index (Phi) is 7.50. The Bertz CT molecular complexity index is 810. The van der Waals surface area contributed by atoms with Gasteiger partial charge in [0.25, 0.3) is 0 Å². The second-order valence-corrected chi connectivity index (χ2v) is 5.82. The van der Waals surface area contributed by atoms with Crippen LogP contribution in [0.2, 0.25) is 0 Å². The van der Waals surface area contributed by atoms with Gasteiger partial charge in [0.1, 0.15) is 5.75 Å². The molecule has 0 aliphatic heterocycles. The van der Waals surface area contributed by atoms with E-state index in [1.165, 1.54) is 21.3 Å². The lowest BCUT2D eigenvalue weighted by Gasteiger charge is -2.14. The molecule has 0 aliphatic rings. The largest absolute Gasteiger partial charge is 0.493 e. The monoisotopic (exact) mass is 389 g/mol. The highest BCUT2D eigenvalue weighted by molar-refractivity contribution is 5.79. The molecule has 0 unspecified atom stereocenters. The molecule has 1 amide bonds. The van der Waals surface area contributed by atoms with Gasteiger partial charge in [-0.2, -0.15) is 0 Å². The highest BCUT2D eigenvalue weighted by Gasteiger charge is 2.15. The van der Waals surface area contributed by atoms with E-state index in [1.54, 1.807) is 30.3 Å². The highest BCUT2D eigenvalue weighted by atomic mass is 16.5. The van der Waals surface area contributed by atoms with E-state index in [-0.39, 0.29) is 18.9 Å². The van der Waals surface area contributed by atoms with Gasteiger partial charge in [0.2, 0.25) is 11.7 Å². The number of aliphatic carboxylic acids is 1. The molecule has 0 spiro atoms. The molecule has 0 aliphatic carbocycles. The number of carboxylic acids is 1. The predicted octanol–water partition coefficient (Wildman–Crippen LogP) is 2.03. The standard InChI is InChI=1S/C20H23NO7/c1-25-16-8-14(9-17(26-2)20(16)27-3)10-18(22)21-11-13-5-4-6-15(7-13)28-12-19(23)24/h4-9H,10-12H2,1-3H3,(H,21,22)(H,23,24). The Morgan fingerprint density at radius 1 is 0.964 bits per heavy atom. The average Bonchev–Trinajstić information content (AvgIpc) is 2.70. The van der Waals surface area contributed by atoms with E-state index in [9.17, 15) is 9.59 Å². The average molecular weight is 389 g/mol. The minimum Gasteiger partial charge on any atom is -0.493 e. The van der Waals surface area contributed by atoms with Crippen molar-refractivity contribution in [3.05, 3.63) is 47.5 Å². The van der Waals surface area contributed by atoms with Crippen LogP contribution >= 0.6 is 0 Å². The molecule has 28 heavy (non-hydrogen) atoms. The number of carbonyl (C=O) groups excluding carboxylic acids is 1. The van der Waals surface area contributed by atoms with E-state index in [2.05, 4.69) is 5.32 Å². The minimum atomic E-state index is -1.05. The van der Waals surface area contributed by atoms with Crippen molar-refractivity contribution in [1.82, 2.24) is 5.32 Å². The first kappa shape index (κ1) is 20.9. The van der Waals surface area contributed by atoms with Gasteiger partial charge < -0.3 is 29.4 Å². The minimum absolute atomic E-state index is 0.131. The van der Waals surface area contributed by atoms with E-state index in [4.69, 9.17) is 24.1 Å². The summed E-state index contributed by atoms with van der Waals surface area (Å²) in [5.41, 5.74) is 1.51. The van der Waals surface area contributed by atoms with Crippen molar-refractivity contribution < 1.29 is 33.6 Å². The van der Waals surface area contributed by atoms with Crippen LogP contribution in [0.25, 0.3) is 0 Å². The Morgan fingerprint density at radius 3 is 2.21 bits per heavy atom. The normalized spacial score (nSPS) is 10.1. The first-order valence-corrected chi connectivity index (χ1v) is 8.46. The van der Waals surface area contributed by atoms with Gasteiger partial charge in [0.15, 0.2) is 18.1 Å². The molecule has 0 saturated carbocycles. The first-order chi connectivity index (χ1) is 13.5. The van der Waals surface area contributed by atoms with Crippen LogP contribution in [0.4, 0.5) is 0 Å². The number of methoxy groups -OCH3 is 3. The molecule has 0 fully saturated rings. The smallest absolute Gasteiger partial charge is 0.341 e. The molecule has 150 valence electrons. The van der Waals surface area contributed by atoms with Gasteiger partial charge in [0, 0.05) is 6.54 Å². The SMILES string of the molecule is COc1cc(CC(=O)NCc2cccc(OCC(=O)O)c2)cc(OC)c1OC. The number of rotatable bonds is 10. The highest BCUT2D eigenvalue weighted by Crippen LogP contribution is 2.38. The number of amides is 1. The molecule has 0 heterocycles. The summed E-state index contributed by atoms with van der Waals surface area (Å²) in [6, 6.07) is 10.3. The zero-order valence-corrected chi connectivity index (χ0v) is 16.0. The molecule has 0 saturated heterocycles. The summed E-state index contributed by atoms with van der Waals surface area (Å²) in [6.07, 6.45) is 0.131. The van der Waals surface area contributed by atoms with Crippen LogP contribution in [-0.4, -0.2) is 44.9 Å². The molecule has 0 bridgehead atoms. The predicted molar refractivity (Wildman–Crippen MR) is 101 cm³/mol. The number of nitrogens with one attached hydrogen (secondary N) is 1. The maximum Gasteiger partial charge on any atom is 0.341 e. The van der Waals surface area contributed by atoms with E-state index in [0.717, 1.165) is 5.56 Å². The maximum atomic E-state index is 12.3. The van der Waals surface area contributed by atoms with Gasteiger partial charge in [-0.05, 0) is 35.4 Å². The topological polar surface area (TPSA) is 103 Å². The fourth-order valence-electron chi connectivity index (χ4n) is 2.58. The summed E-state index contributed by atoms with van der Waals surface area (Å²) in [5, 5.41) is 11.5. The van der Waals surface area contributed by atoms with Crippen molar-refractivity contribution in [1.29, 1.82) is 0 Å². The third-order valence-electron chi connectivity index (χ3n) is 3.84. The summed E-state index contributed by atoms with van der Waals surface area (Å²) in [4.78, 5) is 22.9. The zero-order chi connectivity index (χ0) is 20.5. The summed E-state index contributed by atoms with van der Waals surface area (Å²) < 4.78 is 21.0. The number of ether oxygens (including phenoxy) is 4. The van der Waals surface area contributed by atoms with Gasteiger partial charge in [-0.1, -0.05) is 12.1 Å².